The molecular formula is C21H27ClFN3OS. The average Bonchev–Trinajstić information content (AvgIpc) is 3.17. The van der Waals surface area contributed by atoms with E-state index in [1.54, 1.807) is 17.4 Å². The number of nitrogens with one attached hydrogen (secondary N) is 1. The maximum absolute atomic E-state index is 14.0. The van der Waals surface area contributed by atoms with E-state index in [9.17, 15) is 9.18 Å². The lowest BCUT2D eigenvalue weighted by Gasteiger charge is -2.37. The molecule has 152 valence electrons. The predicted molar refractivity (Wildman–Crippen MR) is 114 cm³/mol. The summed E-state index contributed by atoms with van der Waals surface area (Å²) >= 11 is 1.65. The zero-order chi connectivity index (χ0) is 18.6. The van der Waals surface area contributed by atoms with Crippen LogP contribution in [0.2, 0.25) is 0 Å². The molecule has 28 heavy (non-hydrogen) atoms. The SMILES string of the molecule is Cl.O=C(C1CCNCC1)N1CCN(Cc2ccc(-c3ccccc3F)s2)CC1. The Morgan fingerprint density at radius 1 is 1.07 bits per heavy atom. The third-order valence-electron chi connectivity index (χ3n) is 5.55. The Bertz CT molecular complexity index is 785. The molecule has 0 unspecified atom stereocenters. The molecule has 0 atom stereocenters. The first kappa shape index (κ1) is 21.2. The van der Waals surface area contributed by atoms with Crippen molar-refractivity contribution < 1.29 is 9.18 Å². The molecular weight excluding hydrogens is 397 g/mol. The molecule has 0 saturated carbocycles. The summed E-state index contributed by atoms with van der Waals surface area (Å²) < 4.78 is 14.0. The number of carbonyl (C=O) groups excluding carboxylic acids is 1. The lowest BCUT2D eigenvalue weighted by molar-refractivity contribution is -0.138. The molecule has 0 radical (unpaired) electrons. The van der Waals surface area contributed by atoms with Crippen LogP contribution in [-0.4, -0.2) is 55.0 Å². The molecule has 7 heteroatoms. The number of halogens is 2. The van der Waals surface area contributed by atoms with Crippen molar-refractivity contribution in [3.8, 4) is 10.4 Å². The fourth-order valence-corrected chi connectivity index (χ4v) is 5.02. The molecule has 0 bridgehead atoms. The quantitative estimate of drug-likeness (QED) is 0.815. The Morgan fingerprint density at radius 3 is 2.50 bits per heavy atom. The van der Waals surface area contributed by atoms with Crippen LogP contribution in [0.5, 0.6) is 0 Å². The third kappa shape index (κ3) is 4.92. The number of rotatable bonds is 4. The van der Waals surface area contributed by atoms with Gasteiger partial charge in [-0.2, -0.15) is 0 Å². The third-order valence-corrected chi connectivity index (χ3v) is 6.66. The van der Waals surface area contributed by atoms with Crippen molar-refractivity contribution in [3.05, 3.63) is 47.1 Å². The lowest BCUT2D eigenvalue weighted by Crippen LogP contribution is -2.51. The zero-order valence-corrected chi connectivity index (χ0v) is 17.5. The highest BCUT2D eigenvalue weighted by molar-refractivity contribution is 7.15. The van der Waals surface area contributed by atoms with E-state index in [2.05, 4.69) is 16.3 Å². The van der Waals surface area contributed by atoms with E-state index < -0.39 is 0 Å². The molecule has 0 aliphatic carbocycles. The summed E-state index contributed by atoms with van der Waals surface area (Å²) in [5.74, 6) is 0.378. The van der Waals surface area contributed by atoms with Gasteiger partial charge in [-0.05, 0) is 44.1 Å². The van der Waals surface area contributed by atoms with Gasteiger partial charge < -0.3 is 10.2 Å². The first-order valence-corrected chi connectivity index (χ1v) is 10.6. The van der Waals surface area contributed by atoms with Gasteiger partial charge >= 0.3 is 0 Å². The predicted octanol–water partition coefficient (Wildman–Crippen LogP) is 3.62. The van der Waals surface area contributed by atoms with Gasteiger partial charge in [0.1, 0.15) is 5.82 Å². The second-order valence-electron chi connectivity index (χ2n) is 7.37. The van der Waals surface area contributed by atoms with Crippen LogP contribution in [0.3, 0.4) is 0 Å². The van der Waals surface area contributed by atoms with Crippen LogP contribution in [0.25, 0.3) is 10.4 Å². The molecule has 4 nitrogen and oxygen atoms in total. The molecule has 0 spiro atoms. The van der Waals surface area contributed by atoms with E-state index in [0.29, 0.717) is 11.5 Å². The van der Waals surface area contributed by atoms with Gasteiger partial charge in [0.2, 0.25) is 5.91 Å². The number of hydrogen-bond donors (Lipinski definition) is 1. The van der Waals surface area contributed by atoms with E-state index in [1.807, 2.05) is 23.1 Å². The number of amides is 1. The first-order valence-electron chi connectivity index (χ1n) is 9.76. The maximum Gasteiger partial charge on any atom is 0.225 e. The maximum atomic E-state index is 14.0. The summed E-state index contributed by atoms with van der Waals surface area (Å²) in [5, 5.41) is 3.32. The molecule has 2 fully saturated rings. The van der Waals surface area contributed by atoms with Crippen LogP contribution in [0, 0.1) is 11.7 Å². The number of carbonyl (C=O) groups is 1. The van der Waals surface area contributed by atoms with Crippen molar-refractivity contribution in [2.45, 2.75) is 19.4 Å². The van der Waals surface area contributed by atoms with E-state index in [-0.39, 0.29) is 24.1 Å². The number of piperazine rings is 1. The van der Waals surface area contributed by atoms with Gasteiger partial charge in [-0.15, -0.1) is 23.7 Å². The number of piperidine rings is 1. The lowest BCUT2D eigenvalue weighted by atomic mass is 9.96. The Morgan fingerprint density at radius 2 is 1.79 bits per heavy atom. The standard InChI is InChI=1S/C21H26FN3OS.ClH/c22-19-4-2-1-3-18(19)20-6-5-17(27-20)15-24-11-13-25(14-12-24)21(26)16-7-9-23-10-8-16;/h1-6,16,23H,7-15H2;1H. The van der Waals surface area contributed by atoms with Crippen molar-refractivity contribution in [2.24, 2.45) is 5.92 Å². The van der Waals surface area contributed by atoms with Gasteiger partial charge in [0.15, 0.2) is 0 Å². The smallest absolute Gasteiger partial charge is 0.225 e. The second-order valence-corrected chi connectivity index (χ2v) is 8.54. The van der Waals surface area contributed by atoms with Crippen LogP contribution in [0.15, 0.2) is 36.4 Å². The Labute approximate surface area is 176 Å². The summed E-state index contributed by atoms with van der Waals surface area (Å²) in [6.45, 7) is 6.22. The van der Waals surface area contributed by atoms with Crippen LogP contribution < -0.4 is 5.32 Å². The van der Waals surface area contributed by atoms with Gasteiger partial charge in [0.05, 0.1) is 0 Å². The summed E-state index contributed by atoms with van der Waals surface area (Å²) in [6, 6.07) is 11.0. The summed E-state index contributed by atoms with van der Waals surface area (Å²) in [5.41, 5.74) is 0.672. The summed E-state index contributed by atoms with van der Waals surface area (Å²) in [7, 11) is 0. The summed E-state index contributed by atoms with van der Waals surface area (Å²) in [4.78, 5) is 19.3. The van der Waals surface area contributed by atoms with Gasteiger partial charge in [-0.3, -0.25) is 9.69 Å². The topological polar surface area (TPSA) is 35.6 Å². The number of nitrogens with zero attached hydrogens (tertiary/aromatic N) is 2. The monoisotopic (exact) mass is 423 g/mol. The number of hydrogen-bond acceptors (Lipinski definition) is 4. The molecule has 4 rings (SSSR count). The van der Waals surface area contributed by atoms with E-state index >= 15 is 0 Å². The average molecular weight is 424 g/mol. The Hall–Kier alpha value is -1.47. The fraction of sp³-hybridized carbons (Fsp3) is 0.476. The zero-order valence-electron chi connectivity index (χ0n) is 15.9. The van der Waals surface area contributed by atoms with E-state index in [0.717, 1.165) is 63.5 Å². The molecule has 3 heterocycles. The normalized spacial score (nSPS) is 18.7. The Kier molecular flexibility index (Phi) is 7.46. The molecule has 2 aliphatic rings. The van der Waals surface area contributed by atoms with Gasteiger partial charge in [-0.25, -0.2) is 4.39 Å². The first-order chi connectivity index (χ1) is 13.2. The molecule has 1 aromatic heterocycles. The van der Waals surface area contributed by atoms with Crippen LogP contribution in [0.1, 0.15) is 17.7 Å². The largest absolute Gasteiger partial charge is 0.340 e. The molecule has 1 N–H and O–H groups in total. The molecule has 1 aromatic carbocycles. The molecule has 2 saturated heterocycles. The molecule has 1 amide bonds. The minimum atomic E-state index is -0.170. The molecule has 2 aromatic rings. The summed E-state index contributed by atoms with van der Waals surface area (Å²) in [6.07, 6.45) is 1.93. The minimum Gasteiger partial charge on any atom is -0.340 e. The van der Waals surface area contributed by atoms with Crippen molar-refractivity contribution in [2.75, 3.05) is 39.3 Å². The van der Waals surface area contributed by atoms with Gasteiger partial charge in [-0.1, -0.05) is 18.2 Å². The molecule has 2 aliphatic heterocycles. The van der Waals surface area contributed by atoms with E-state index in [4.69, 9.17) is 0 Å². The van der Waals surface area contributed by atoms with Crippen molar-refractivity contribution in [3.63, 3.8) is 0 Å². The highest BCUT2D eigenvalue weighted by Gasteiger charge is 2.28. The highest BCUT2D eigenvalue weighted by atomic mass is 35.5. The second kappa shape index (κ2) is 9.83. The van der Waals surface area contributed by atoms with Gasteiger partial charge in [0, 0.05) is 54.0 Å². The van der Waals surface area contributed by atoms with Crippen LogP contribution >= 0.6 is 23.7 Å². The fourth-order valence-electron chi connectivity index (χ4n) is 3.94. The minimum absolute atomic E-state index is 0. The van der Waals surface area contributed by atoms with E-state index in [1.165, 1.54) is 10.9 Å². The van der Waals surface area contributed by atoms with Gasteiger partial charge in [0.25, 0.3) is 0 Å². The van der Waals surface area contributed by atoms with Crippen LogP contribution in [-0.2, 0) is 11.3 Å². The number of thiophene rings is 1. The highest BCUT2D eigenvalue weighted by Crippen LogP contribution is 2.30. The van der Waals surface area contributed by atoms with Crippen LogP contribution in [0.4, 0.5) is 4.39 Å². The Balaban J connectivity index is 0.00000225. The van der Waals surface area contributed by atoms with Crippen molar-refractivity contribution in [1.82, 2.24) is 15.1 Å². The van der Waals surface area contributed by atoms with Crippen molar-refractivity contribution in [1.29, 1.82) is 0 Å². The number of benzene rings is 1. The van der Waals surface area contributed by atoms with Crippen molar-refractivity contribution >= 4 is 29.7 Å².